The molecule has 0 fully saturated rings. The van der Waals surface area contributed by atoms with Crippen LogP contribution >= 0.6 is 0 Å². The van der Waals surface area contributed by atoms with E-state index in [4.69, 9.17) is 5.11 Å². The van der Waals surface area contributed by atoms with Gasteiger partial charge in [0.2, 0.25) is 0 Å². The lowest BCUT2D eigenvalue weighted by atomic mass is 10.1. The van der Waals surface area contributed by atoms with E-state index in [9.17, 15) is 4.79 Å². The summed E-state index contributed by atoms with van der Waals surface area (Å²) >= 11 is 0. The van der Waals surface area contributed by atoms with Crippen molar-refractivity contribution in [2.45, 2.75) is 13.2 Å². The van der Waals surface area contributed by atoms with Gasteiger partial charge in [-0.1, -0.05) is 24.3 Å². The molecule has 3 N–H and O–H groups in total. The first-order chi connectivity index (χ1) is 8.29. The summed E-state index contributed by atoms with van der Waals surface area (Å²) in [4.78, 5) is 17.8. The van der Waals surface area contributed by atoms with Crippen molar-refractivity contribution in [2.75, 3.05) is 5.32 Å². The fourth-order valence-corrected chi connectivity index (χ4v) is 1.43. The number of rotatable bonds is 4. The van der Waals surface area contributed by atoms with E-state index in [-0.39, 0.29) is 12.2 Å². The van der Waals surface area contributed by atoms with Gasteiger partial charge in [-0.2, -0.15) is 0 Å². The first kappa shape index (κ1) is 11.3. The van der Waals surface area contributed by atoms with Crippen LogP contribution in [0.15, 0.2) is 41.5 Å². The molecule has 0 saturated heterocycles. The first-order valence-electron chi connectivity index (χ1n) is 5.26. The molecule has 0 spiro atoms. The Labute approximate surface area is 98.2 Å². The van der Waals surface area contributed by atoms with Gasteiger partial charge in [0.1, 0.15) is 0 Å². The highest BCUT2D eigenvalue weighted by Gasteiger charge is 1.99. The lowest BCUT2D eigenvalue weighted by Gasteiger charge is -2.05. The number of aromatic amines is 1. The van der Waals surface area contributed by atoms with E-state index in [1.807, 2.05) is 24.3 Å². The molecule has 2 aromatic rings. The number of aromatic nitrogens is 2. The van der Waals surface area contributed by atoms with E-state index in [1.165, 1.54) is 12.4 Å². The van der Waals surface area contributed by atoms with Gasteiger partial charge in [-0.05, 0) is 11.1 Å². The fraction of sp³-hybridized carbons (Fsp3) is 0.167. The van der Waals surface area contributed by atoms with Crippen LogP contribution in [0.2, 0.25) is 0 Å². The number of hydrogen-bond donors (Lipinski definition) is 3. The minimum Gasteiger partial charge on any atom is -0.392 e. The molecule has 1 heterocycles. The number of benzene rings is 1. The normalized spacial score (nSPS) is 10.2. The number of hydrogen-bond acceptors (Lipinski definition) is 4. The molecule has 1 aromatic carbocycles. The SMILES string of the molecule is O=c1[nH]ccnc1NCc1ccc(CO)cc1. The van der Waals surface area contributed by atoms with Crippen LogP contribution in [-0.2, 0) is 13.2 Å². The maximum absolute atomic E-state index is 11.3. The van der Waals surface area contributed by atoms with Gasteiger partial charge in [0.05, 0.1) is 6.61 Å². The molecule has 5 heteroatoms. The van der Waals surface area contributed by atoms with Crippen molar-refractivity contribution in [3.63, 3.8) is 0 Å². The van der Waals surface area contributed by atoms with Crippen molar-refractivity contribution in [2.24, 2.45) is 0 Å². The zero-order valence-corrected chi connectivity index (χ0v) is 9.18. The molecule has 5 nitrogen and oxygen atoms in total. The summed E-state index contributed by atoms with van der Waals surface area (Å²) in [5.74, 6) is 0.304. The lowest BCUT2D eigenvalue weighted by Crippen LogP contribution is -2.15. The van der Waals surface area contributed by atoms with Crippen LogP contribution in [0.1, 0.15) is 11.1 Å². The zero-order chi connectivity index (χ0) is 12.1. The summed E-state index contributed by atoms with van der Waals surface area (Å²) in [5.41, 5.74) is 1.65. The molecule has 0 aliphatic rings. The average Bonchev–Trinajstić information content (AvgIpc) is 2.38. The van der Waals surface area contributed by atoms with Gasteiger partial charge in [0, 0.05) is 18.9 Å². The van der Waals surface area contributed by atoms with Gasteiger partial charge in [-0.3, -0.25) is 4.79 Å². The van der Waals surface area contributed by atoms with Gasteiger partial charge >= 0.3 is 0 Å². The van der Waals surface area contributed by atoms with Crippen LogP contribution in [0.4, 0.5) is 5.82 Å². The van der Waals surface area contributed by atoms with E-state index < -0.39 is 0 Å². The Bertz CT molecular complexity index is 534. The molecule has 0 aliphatic carbocycles. The Morgan fingerprint density at radius 3 is 2.59 bits per heavy atom. The third-order valence-electron chi connectivity index (χ3n) is 2.37. The van der Waals surface area contributed by atoms with Gasteiger partial charge in [0.25, 0.3) is 5.56 Å². The van der Waals surface area contributed by atoms with E-state index >= 15 is 0 Å². The number of aliphatic hydroxyl groups excluding tert-OH is 1. The van der Waals surface area contributed by atoms with E-state index in [0.717, 1.165) is 11.1 Å². The standard InChI is InChI=1S/C12H13N3O2/c16-8-10-3-1-9(2-4-10)7-15-11-12(17)14-6-5-13-11/h1-6,16H,7-8H2,(H,13,15)(H,14,17). The molecule has 0 bridgehead atoms. The lowest BCUT2D eigenvalue weighted by molar-refractivity contribution is 0.282. The number of anilines is 1. The molecule has 0 atom stereocenters. The summed E-state index contributed by atoms with van der Waals surface area (Å²) in [6, 6.07) is 7.49. The number of nitrogens with zero attached hydrogens (tertiary/aromatic N) is 1. The molecule has 0 saturated carbocycles. The summed E-state index contributed by atoms with van der Waals surface area (Å²) < 4.78 is 0. The predicted octanol–water partition coefficient (Wildman–Crippen LogP) is 0.874. The minimum absolute atomic E-state index is 0.0353. The third-order valence-corrected chi connectivity index (χ3v) is 2.37. The highest BCUT2D eigenvalue weighted by Crippen LogP contribution is 2.05. The second-order valence-electron chi connectivity index (χ2n) is 3.60. The van der Waals surface area contributed by atoms with Crippen LogP contribution in [-0.4, -0.2) is 15.1 Å². The Balaban J connectivity index is 2.02. The Morgan fingerprint density at radius 2 is 1.94 bits per heavy atom. The van der Waals surface area contributed by atoms with E-state index in [2.05, 4.69) is 15.3 Å². The molecule has 2 rings (SSSR count). The topological polar surface area (TPSA) is 78.0 Å². The average molecular weight is 231 g/mol. The van der Waals surface area contributed by atoms with Gasteiger partial charge in [0.15, 0.2) is 5.82 Å². The summed E-state index contributed by atoms with van der Waals surface area (Å²) in [5, 5.41) is 11.9. The van der Waals surface area contributed by atoms with E-state index in [0.29, 0.717) is 12.4 Å². The number of H-pyrrole nitrogens is 1. The number of aliphatic hydroxyl groups is 1. The Morgan fingerprint density at radius 1 is 1.24 bits per heavy atom. The van der Waals surface area contributed by atoms with Crippen molar-refractivity contribution >= 4 is 5.82 Å². The van der Waals surface area contributed by atoms with Crippen LogP contribution in [0.5, 0.6) is 0 Å². The molecule has 0 aliphatic heterocycles. The molecule has 17 heavy (non-hydrogen) atoms. The maximum Gasteiger partial charge on any atom is 0.290 e. The molecule has 1 aromatic heterocycles. The summed E-state index contributed by atoms with van der Waals surface area (Å²) in [6.45, 7) is 0.555. The van der Waals surface area contributed by atoms with Crippen LogP contribution in [0.3, 0.4) is 0 Å². The summed E-state index contributed by atoms with van der Waals surface area (Å²) in [7, 11) is 0. The van der Waals surface area contributed by atoms with Gasteiger partial charge in [-0.15, -0.1) is 0 Å². The molecular weight excluding hydrogens is 218 g/mol. The second-order valence-corrected chi connectivity index (χ2v) is 3.60. The van der Waals surface area contributed by atoms with Crippen molar-refractivity contribution in [3.8, 4) is 0 Å². The summed E-state index contributed by atoms with van der Waals surface area (Å²) in [6.07, 6.45) is 3.02. The zero-order valence-electron chi connectivity index (χ0n) is 9.18. The van der Waals surface area contributed by atoms with Crippen molar-refractivity contribution in [3.05, 3.63) is 58.1 Å². The predicted molar refractivity (Wildman–Crippen MR) is 64.5 cm³/mol. The highest BCUT2D eigenvalue weighted by molar-refractivity contribution is 5.32. The number of nitrogens with one attached hydrogen (secondary N) is 2. The van der Waals surface area contributed by atoms with Crippen LogP contribution in [0.25, 0.3) is 0 Å². The smallest absolute Gasteiger partial charge is 0.290 e. The molecule has 0 amide bonds. The van der Waals surface area contributed by atoms with Crippen molar-refractivity contribution in [1.82, 2.24) is 9.97 Å². The quantitative estimate of drug-likeness (QED) is 0.729. The second kappa shape index (κ2) is 5.27. The Kier molecular flexibility index (Phi) is 3.52. The minimum atomic E-state index is -0.237. The van der Waals surface area contributed by atoms with Crippen molar-refractivity contribution < 1.29 is 5.11 Å². The highest BCUT2D eigenvalue weighted by atomic mass is 16.3. The first-order valence-corrected chi connectivity index (χ1v) is 5.26. The fourth-order valence-electron chi connectivity index (χ4n) is 1.43. The van der Waals surface area contributed by atoms with Gasteiger partial charge in [-0.25, -0.2) is 4.98 Å². The molecular formula is C12H13N3O2. The van der Waals surface area contributed by atoms with Gasteiger partial charge < -0.3 is 15.4 Å². The Hall–Kier alpha value is -2.14. The maximum atomic E-state index is 11.3. The third kappa shape index (κ3) is 2.92. The monoisotopic (exact) mass is 231 g/mol. The molecule has 0 radical (unpaired) electrons. The molecule has 0 unspecified atom stereocenters. The van der Waals surface area contributed by atoms with E-state index in [1.54, 1.807) is 0 Å². The van der Waals surface area contributed by atoms with Crippen LogP contribution < -0.4 is 10.9 Å². The van der Waals surface area contributed by atoms with Crippen LogP contribution in [0, 0.1) is 0 Å². The largest absolute Gasteiger partial charge is 0.392 e. The van der Waals surface area contributed by atoms with Crippen molar-refractivity contribution in [1.29, 1.82) is 0 Å². The molecule has 88 valence electrons.